The van der Waals surface area contributed by atoms with E-state index in [9.17, 15) is 88.8 Å². The van der Waals surface area contributed by atoms with Gasteiger partial charge >= 0.3 is 6.09 Å². The van der Waals surface area contributed by atoms with Crippen LogP contribution in [0.4, 0.5) is 4.79 Å². The van der Waals surface area contributed by atoms with Crippen molar-refractivity contribution in [3.63, 3.8) is 0 Å². The molecule has 0 radical (unpaired) electrons. The first-order valence-electron chi connectivity index (χ1n) is 40.8. The summed E-state index contributed by atoms with van der Waals surface area (Å²) in [6.45, 7) is 13.2. The van der Waals surface area contributed by atoms with Crippen molar-refractivity contribution in [2.24, 2.45) is 29.4 Å². The van der Waals surface area contributed by atoms with Gasteiger partial charge in [0.2, 0.25) is 65.0 Å². The number of carbonyl (C=O) groups is 12. The fourth-order valence-electron chi connectivity index (χ4n) is 14.2. The molecule has 5 rings (SSSR count). The molecule has 19 atom stereocenters. The molecule has 3 aliphatic heterocycles. The number of hydrogen-bond donors (Lipinski definition) is 20. The minimum Gasteiger partial charge on any atom is -0.508 e. The predicted octanol–water partition coefficient (Wildman–Crippen LogP) is -0.886. The van der Waals surface area contributed by atoms with E-state index in [2.05, 4.69) is 79.3 Å². The number of phenols is 1. The number of alkyl carbamates (subject to hydrolysis) is 1. The third kappa shape index (κ3) is 32.5. The Morgan fingerprint density at radius 1 is 0.612 bits per heavy atom. The number of phenolic OH excluding ortho intramolecular Hbond substituents is 1. The van der Waals surface area contributed by atoms with Crippen LogP contribution in [-0.4, -0.2) is 277 Å². The quantitative estimate of drug-likeness (QED) is 0.0359. The second kappa shape index (κ2) is 50.4. The highest BCUT2D eigenvalue weighted by molar-refractivity contribution is 7.98. The summed E-state index contributed by atoms with van der Waals surface area (Å²) in [5, 5.41) is 121. The molecule has 12 amide bonds. The Labute approximate surface area is 684 Å². The molecule has 35 nitrogen and oxygen atoms in total. The van der Waals surface area contributed by atoms with E-state index < -0.39 is 220 Å². The van der Waals surface area contributed by atoms with E-state index >= 15 is 9.59 Å². The molecule has 0 aliphatic carbocycles. The molecular formula is C80H130N14O21S. The van der Waals surface area contributed by atoms with Gasteiger partial charge in [-0.05, 0) is 104 Å². The van der Waals surface area contributed by atoms with E-state index in [4.69, 9.17) is 10.5 Å². The van der Waals surface area contributed by atoms with E-state index in [1.54, 1.807) is 30.3 Å². The summed E-state index contributed by atoms with van der Waals surface area (Å²) >= 11 is 1.44. The van der Waals surface area contributed by atoms with Crippen molar-refractivity contribution >= 4 is 82.8 Å². The Hall–Kier alpha value is -8.33. The summed E-state index contributed by atoms with van der Waals surface area (Å²) in [6.07, 6.45) is -8.14. The third-order valence-electron chi connectivity index (χ3n) is 20.9. The van der Waals surface area contributed by atoms with Crippen molar-refractivity contribution in [2.45, 2.75) is 274 Å². The minimum absolute atomic E-state index is 0.0207. The summed E-state index contributed by atoms with van der Waals surface area (Å²) < 4.78 is 5.27. The number of aromatic hydroxyl groups is 1. The van der Waals surface area contributed by atoms with Gasteiger partial charge in [-0.1, -0.05) is 136 Å². The summed E-state index contributed by atoms with van der Waals surface area (Å²) in [5.41, 5.74) is 6.39. The number of fused-ring (bicyclic) bond motifs is 2. The number of hydrogen-bond acceptors (Lipinski definition) is 24. The highest BCUT2D eigenvalue weighted by Gasteiger charge is 2.49. The van der Waals surface area contributed by atoms with Crippen molar-refractivity contribution in [1.82, 2.24) is 68.3 Å². The molecule has 2 aromatic carbocycles. The molecule has 0 aromatic heterocycles. The van der Waals surface area contributed by atoms with Crippen LogP contribution in [0.25, 0.3) is 0 Å². The predicted molar refractivity (Wildman–Crippen MR) is 431 cm³/mol. The lowest BCUT2D eigenvalue weighted by atomic mass is 9.91. The number of nitrogens with one attached hydrogen (secondary N) is 11. The van der Waals surface area contributed by atoms with E-state index in [1.807, 2.05) is 34.0 Å². The maximum atomic E-state index is 15.4. The average molecular weight is 1660 g/mol. The maximum Gasteiger partial charge on any atom is 0.407 e. The number of benzene rings is 2. The number of amides is 12. The number of rotatable bonds is 42. The molecule has 652 valence electrons. The molecule has 0 bridgehead atoms. The molecule has 0 spiro atoms. The average Bonchev–Trinajstić information content (AvgIpc) is 1.64. The van der Waals surface area contributed by atoms with Gasteiger partial charge in [0.15, 0.2) is 0 Å². The number of nitrogens with zero attached hydrogens (tertiary/aromatic N) is 2. The van der Waals surface area contributed by atoms with Crippen molar-refractivity contribution < 1.29 is 103 Å². The summed E-state index contributed by atoms with van der Waals surface area (Å²) in [4.78, 5) is 174. The third-order valence-corrected chi connectivity index (χ3v) is 21.5. The number of nitrogens with two attached hydrogens (primary N) is 1. The Morgan fingerprint density at radius 2 is 1.25 bits per heavy atom. The van der Waals surface area contributed by atoms with E-state index in [0.717, 1.165) is 73.8 Å². The van der Waals surface area contributed by atoms with Gasteiger partial charge < -0.3 is 114 Å². The van der Waals surface area contributed by atoms with Crippen LogP contribution < -0.4 is 64.2 Å². The largest absolute Gasteiger partial charge is 0.508 e. The number of aliphatic hydroxyl groups excluding tert-OH is 7. The van der Waals surface area contributed by atoms with Gasteiger partial charge in [0.05, 0.1) is 37.1 Å². The van der Waals surface area contributed by atoms with Crippen LogP contribution in [0.1, 0.15) is 182 Å². The molecule has 0 unspecified atom stereocenters. The van der Waals surface area contributed by atoms with Gasteiger partial charge in [-0.25, -0.2) is 4.79 Å². The second-order valence-corrected chi connectivity index (χ2v) is 32.8. The van der Waals surface area contributed by atoms with E-state index in [0.29, 0.717) is 36.0 Å². The molecule has 36 heteroatoms. The number of ether oxygens (including phenoxy) is 1. The Morgan fingerprint density at radius 3 is 1.90 bits per heavy atom. The minimum atomic E-state index is -2.42. The summed E-state index contributed by atoms with van der Waals surface area (Å²) in [6, 6.07) is -2.28. The van der Waals surface area contributed by atoms with Crippen LogP contribution >= 0.6 is 11.8 Å². The highest BCUT2D eigenvalue weighted by atomic mass is 32.2. The Bertz CT molecular complexity index is 3460. The zero-order valence-electron chi connectivity index (χ0n) is 68.5. The van der Waals surface area contributed by atoms with Gasteiger partial charge in [-0.2, -0.15) is 11.8 Å². The lowest BCUT2D eigenvalue weighted by Crippen LogP contribution is -2.65. The van der Waals surface area contributed by atoms with Crippen molar-refractivity contribution in [3.8, 4) is 5.75 Å². The molecule has 116 heavy (non-hydrogen) atoms. The molecule has 3 aliphatic rings. The summed E-state index contributed by atoms with van der Waals surface area (Å²) in [7, 11) is 0. The number of unbranched alkanes of at least 4 members (excludes halogenated alkanes) is 5. The molecule has 3 saturated heterocycles. The topological polar surface area (TPSA) is 541 Å². The smallest absolute Gasteiger partial charge is 0.407 e. The van der Waals surface area contributed by atoms with E-state index in [1.165, 1.54) is 23.9 Å². The first-order chi connectivity index (χ1) is 55.1. The lowest BCUT2D eigenvalue weighted by Gasteiger charge is -2.35. The SMILES string of the molecule is CC[C@H](C)C[C@H](C)CCCCCCCCC(=O)N[C@H]1C[C@@H](O)[C@@H](NCCN)NC(=O)[C@@H]2[C@@H](O)CCN2C(=O)[C@H]([C@H](O)CCNC(=O)CCNC(=O)[C@H](Cc2ccccc2)NC(=O)[C@H](CC(C)C)NC(=O)[C@H](CCSC)NC(=O)OCC(C)C)NC(=O)[C@H]([C@H](O)[C@@H](O)c2ccc(O)cc2)NC(=O)[C@@H]2C[C@@H](O)CN2C(=O)[C@H]([C@@H](C)O)NC1=O. The molecule has 2 aromatic rings. The number of aliphatic hydroxyl groups is 7. The normalized spacial score (nSPS) is 23.6. The molecular weight excluding hydrogens is 1530 g/mol. The van der Waals surface area contributed by atoms with Crippen molar-refractivity contribution in [1.29, 1.82) is 0 Å². The van der Waals surface area contributed by atoms with Crippen molar-refractivity contribution in [3.05, 3.63) is 65.7 Å². The van der Waals surface area contributed by atoms with Crippen LogP contribution in [0.2, 0.25) is 0 Å². The summed E-state index contributed by atoms with van der Waals surface area (Å²) in [5.74, 6) is -9.69. The zero-order valence-corrected chi connectivity index (χ0v) is 69.3. The van der Waals surface area contributed by atoms with Gasteiger partial charge in [-0.3, -0.25) is 58.1 Å². The van der Waals surface area contributed by atoms with Crippen LogP contribution in [0.3, 0.4) is 0 Å². The number of carbonyl (C=O) groups excluding carboxylic acids is 12. The number of thioether (sulfide) groups is 1. The van der Waals surface area contributed by atoms with Crippen molar-refractivity contribution in [2.75, 3.05) is 57.9 Å². The maximum absolute atomic E-state index is 15.4. The first kappa shape index (κ1) is 98.2. The zero-order chi connectivity index (χ0) is 85.9. The molecule has 0 saturated carbocycles. The Balaban J connectivity index is 1.45. The van der Waals surface area contributed by atoms with Crippen LogP contribution in [0.15, 0.2) is 54.6 Å². The second-order valence-electron chi connectivity index (χ2n) is 31.8. The monoisotopic (exact) mass is 1650 g/mol. The van der Waals surface area contributed by atoms with Crippen LogP contribution in [0.5, 0.6) is 5.75 Å². The molecule has 3 heterocycles. The van der Waals surface area contributed by atoms with E-state index in [-0.39, 0.29) is 81.5 Å². The Kier molecular flexibility index (Phi) is 42.7. The van der Waals surface area contributed by atoms with Crippen LogP contribution in [-0.2, 0) is 63.9 Å². The van der Waals surface area contributed by atoms with Gasteiger partial charge in [0, 0.05) is 71.4 Å². The van der Waals surface area contributed by atoms with Crippen LogP contribution in [0, 0.1) is 23.7 Å². The lowest BCUT2D eigenvalue weighted by molar-refractivity contribution is -0.148. The van der Waals surface area contributed by atoms with Gasteiger partial charge in [-0.15, -0.1) is 0 Å². The van der Waals surface area contributed by atoms with Gasteiger partial charge in [0.25, 0.3) is 0 Å². The molecule has 21 N–H and O–H groups in total. The molecule has 3 fully saturated rings. The first-order valence-corrected chi connectivity index (χ1v) is 42.2. The van der Waals surface area contributed by atoms with Gasteiger partial charge in [0.1, 0.15) is 78.5 Å². The fourth-order valence-corrected chi connectivity index (χ4v) is 14.7. The standard InChI is InChI=1S/C80H130N14O21S/c1-10-47(6)39-48(7)20-16-13-11-12-14-19-23-63(102)85-57-42-61(100)70(83-35-32-81)92-77(111)67-60(99)30-36-93(67)79(113)65(90-76(110)66(69(104)68(103)51-24-26-52(96)27-25-51)91-75(109)58-41-53(97)43-94(58)78(112)64(49(8)95)89-74(57)108)59(98)28-33-82-62(101)29-34-84-71(105)56(40-50-21-17-15-18-22-50)87-73(107)55(38-45(2)3)86-72(106)54(31-37-116-9)88-80(114)115-44-46(4)5/h15,17-18,21-22,24-27,45-49,53-61,64-70,83,95-100,103-104H,10-14,16,19-20,23,28-44,81H2,1-9H3,(H,82,101)(H,84,105)(H,85,102)(H,86,106)(H,87,107)(H,88,114)(H,89,108)(H,90,110)(H,91,109)(H,92,111)/t47-,48+,49+,53+,54-,55-,56-,57-,58-,59+,60-,61+,64-,65-,66-,67-,68-,69-,70-/m0/s1. The highest BCUT2D eigenvalue weighted by Crippen LogP contribution is 2.28. The fraction of sp³-hybridized carbons (Fsp3) is 0.700.